The van der Waals surface area contributed by atoms with E-state index in [0.717, 1.165) is 29.8 Å². The number of hydrogen-bond donors (Lipinski definition) is 1. The Hall–Kier alpha value is -2.36. The number of benzene rings is 1. The lowest BCUT2D eigenvalue weighted by atomic mass is 10.2. The van der Waals surface area contributed by atoms with Crippen LogP contribution in [0.4, 0.5) is 5.13 Å². The van der Waals surface area contributed by atoms with Gasteiger partial charge in [0.1, 0.15) is 9.33 Å². The largest absolute Gasteiger partial charge is 0.301 e. The lowest BCUT2D eigenvalue weighted by molar-refractivity contribution is -0.122. The second-order valence-electron chi connectivity index (χ2n) is 6.88. The van der Waals surface area contributed by atoms with Crippen molar-refractivity contribution in [3.63, 3.8) is 0 Å². The second kappa shape index (κ2) is 11.9. The Balaban J connectivity index is 1.44. The fourth-order valence-electron chi connectivity index (χ4n) is 2.83. The first-order valence-corrected chi connectivity index (χ1v) is 12.2. The Labute approximate surface area is 195 Å². The summed E-state index contributed by atoms with van der Waals surface area (Å²) in [5.41, 5.74) is 1.06. The highest BCUT2D eigenvalue weighted by Crippen LogP contribution is 2.31. The molecular weight excluding hydrogens is 448 g/mol. The molecule has 1 aliphatic rings. The number of allylic oxidation sites excluding steroid dienone is 2. The van der Waals surface area contributed by atoms with E-state index in [4.69, 9.17) is 12.2 Å². The van der Waals surface area contributed by atoms with Crippen LogP contribution in [0.2, 0.25) is 0 Å². The van der Waals surface area contributed by atoms with Gasteiger partial charge in [-0.1, -0.05) is 91.1 Å². The maximum atomic E-state index is 12.6. The van der Waals surface area contributed by atoms with Gasteiger partial charge in [-0.25, -0.2) is 0 Å². The number of aryl methyl sites for hydroxylation is 1. The molecule has 0 radical (unpaired) electrons. The van der Waals surface area contributed by atoms with Crippen molar-refractivity contribution in [3.8, 4) is 0 Å². The van der Waals surface area contributed by atoms with Crippen LogP contribution in [0.25, 0.3) is 6.08 Å². The van der Waals surface area contributed by atoms with Crippen molar-refractivity contribution in [3.05, 3.63) is 58.0 Å². The normalized spacial score (nSPS) is 15.4. The standard InChI is InChI=1S/C22H24N4O2S3/c1-2-3-14-19-24-25-21(31-19)23-18(27)13-8-15-26-20(28)17(30-22(26)29)12-7-11-16-9-5-4-6-10-16/h4-7,9-12H,2-3,8,13-15H2,1H3,(H,23,25,27)/b11-7+,17-12-. The fourth-order valence-corrected chi connectivity index (χ4v) is 4.89. The van der Waals surface area contributed by atoms with Crippen molar-refractivity contribution in [2.75, 3.05) is 11.9 Å². The van der Waals surface area contributed by atoms with Crippen LogP contribution in [0.5, 0.6) is 0 Å². The molecule has 1 saturated heterocycles. The highest BCUT2D eigenvalue weighted by Gasteiger charge is 2.31. The molecule has 1 fully saturated rings. The number of aromatic nitrogens is 2. The first kappa shape index (κ1) is 23.3. The lowest BCUT2D eigenvalue weighted by Gasteiger charge is -2.13. The Bertz CT molecular complexity index is 986. The molecule has 0 unspecified atom stereocenters. The van der Waals surface area contributed by atoms with Crippen molar-refractivity contribution in [1.82, 2.24) is 15.1 Å². The molecule has 2 aromatic rings. The van der Waals surface area contributed by atoms with Crippen LogP contribution in [0, 0.1) is 0 Å². The average molecular weight is 473 g/mol. The molecule has 1 aromatic carbocycles. The summed E-state index contributed by atoms with van der Waals surface area (Å²) in [5.74, 6) is -0.247. The highest BCUT2D eigenvalue weighted by atomic mass is 32.2. The Morgan fingerprint density at radius 3 is 2.81 bits per heavy atom. The number of carbonyl (C=O) groups is 2. The van der Waals surface area contributed by atoms with Crippen molar-refractivity contribution in [2.45, 2.75) is 39.0 Å². The summed E-state index contributed by atoms with van der Waals surface area (Å²) in [6.07, 6.45) is 9.42. The monoisotopic (exact) mass is 472 g/mol. The van der Waals surface area contributed by atoms with Gasteiger partial charge in [-0.15, -0.1) is 10.2 Å². The smallest absolute Gasteiger partial charge is 0.266 e. The van der Waals surface area contributed by atoms with Crippen LogP contribution in [0.3, 0.4) is 0 Å². The van der Waals surface area contributed by atoms with E-state index in [1.807, 2.05) is 42.5 Å². The van der Waals surface area contributed by atoms with E-state index in [9.17, 15) is 9.59 Å². The summed E-state index contributed by atoms with van der Waals surface area (Å²) in [6, 6.07) is 9.88. The lowest BCUT2D eigenvalue weighted by Crippen LogP contribution is -2.29. The molecular formula is C22H24N4O2S3. The van der Waals surface area contributed by atoms with Crippen molar-refractivity contribution in [2.24, 2.45) is 0 Å². The first-order chi connectivity index (χ1) is 15.1. The van der Waals surface area contributed by atoms with Crippen molar-refractivity contribution >= 4 is 62.7 Å². The third kappa shape index (κ3) is 7.09. The zero-order valence-corrected chi connectivity index (χ0v) is 19.7. The minimum atomic E-state index is -0.134. The number of carbonyl (C=O) groups excluding carboxylic acids is 2. The molecule has 2 amide bonds. The van der Waals surface area contributed by atoms with Gasteiger partial charge in [0.05, 0.1) is 4.91 Å². The van der Waals surface area contributed by atoms with E-state index in [2.05, 4.69) is 22.4 Å². The summed E-state index contributed by atoms with van der Waals surface area (Å²) >= 11 is 8.04. The molecule has 1 N–H and O–H groups in total. The predicted octanol–water partition coefficient (Wildman–Crippen LogP) is 5.06. The number of rotatable bonds is 10. The number of hydrogen-bond acceptors (Lipinski definition) is 7. The van der Waals surface area contributed by atoms with Crippen LogP contribution < -0.4 is 5.32 Å². The second-order valence-corrected chi connectivity index (χ2v) is 9.62. The number of nitrogens with one attached hydrogen (secondary N) is 1. The molecule has 0 bridgehead atoms. The zero-order chi connectivity index (χ0) is 22.1. The van der Waals surface area contributed by atoms with Crippen LogP contribution in [0.15, 0.2) is 47.4 Å². The topological polar surface area (TPSA) is 75.2 Å². The van der Waals surface area contributed by atoms with E-state index in [1.54, 1.807) is 11.0 Å². The SMILES string of the molecule is CCCCc1nnc(NC(=O)CCCN2C(=O)/C(=C/C=C/c3ccccc3)SC2=S)s1. The summed E-state index contributed by atoms with van der Waals surface area (Å²) < 4.78 is 0.523. The quantitative estimate of drug-likeness (QED) is 0.385. The molecule has 3 rings (SSSR count). The number of thioether (sulfide) groups is 1. The van der Waals surface area contributed by atoms with Crippen LogP contribution >= 0.6 is 35.3 Å². The van der Waals surface area contributed by atoms with Crippen LogP contribution in [0.1, 0.15) is 43.2 Å². The number of anilines is 1. The van der Waals surface area contributed by atoms with Gasteiger partial charge in [0.15, 0.2) is 0 Å². The zero-order valence-electron chi connectivity index (χ0n) is 17.2. The van der Waals surface area contributed by atoms with Crippen LogP contribution in [-0.4, -0.2) is 37.8 Å². The molecule has 1 aromatic heterocycles. The molecule has 162 valence electrons. The number of nitrogens with zero attached hydrogens (tertiary/aromatic N) is 3. The van der Waals surface area contributed by atoms with Crippen molar-refractivity contribution < 1.29 is 9.59 Å². The van der Waals surface area contributed by atoms with Gasteiger partial charge in [-0.05, 0) is 24.5 Å². The molecule has 2 heterocycles. The summed E-state index contributed by atoms with van der Waals surface area (Å²) in [4.78, 5) is 26.9. The molecule has 0 spiro atoms. The molecule has 9 heteroatoms. The van der Waals surface area contributed by atoms with Crippen LogP contribution in [-0.2, 0) is 16.0 Å². The maximum absolute atomic E-state index is 12.6. The number of thiocarbonyl (C=S) groups is 1. The predicted molar refractivity (Wildman–Crippen MR) is 132 cm³/mol. The minimum Gasteiger partial charge on any atom is -0.301 e. The van der Waals surface area contributed by atoms with E-state index in [0.29, 0.717) is 27.3 Å². The van der Waals surface area contributed by atoms with Crippen molar-refractivity contribution in [1.29, 1.82) is 0 Å². The Kier molecular flexibility index (Phi) is 8.93. The summed E-state index contributed by atoms with van der Waals surface area (Å²) in [6.45, 7) is 2.54. The Morgan fingerprint density at radius 1 is 1.23 bits per heavy atom. The van der Waals surface area contributed by atoms with Gasteiger partial charge in [0, 0.05) is 19.4 Å². The molecule has 6 nitrogen and oxygen atoms in total. The van der Waals surface area contributed by atoms with E-state index < -0.39 is 0 Å². The maximum Gasteiger partial charge on any atom is 0.266 e. The van der Waals surface area contributed by atoms with Gasteiger partial charge in [-0.2, -0.15) is 0 Å². The number of unbranched alkanes of at least 4 members (excludes halogenated alkanes) is 1. The van der Waals surface area contributed by atoms with Gasteiger partial charge < -0.3 is 5.32 Å². The summed E-state index contributed by atoms with van der Waals surface area (Å²) in [7, 11) is 0. The first-order valence-electron chi connectivity index (χ1n) is 10.2. The third-order valence-electron chi connectivity index (χ3n) is 4.45. The number of amides is 2. The third-order valence-corrected chi connectivity index (χ3v) is 6.75. The minimum absolute atomic E-state index is 0.113. The summed E-state index contributed by atoms with van der Waals surface area (Å²) in [5, 5.41) is 12.3. The highest BCUT2D eigenvalue weighted by molar-refractivity contribution is 8.26. The van der Waals surface area contributed by atoms with E-state index in [-0.39, 0.29) is 18.2 Å². The van der Waals surface area contributed by atoms with Gasteiger partial charge in [0.2, 0.25) is 11.0 Å². The molecule has 0 aliphatic carbocycles. The average Bonchev–Trinajstić information content (AvgIpc) is 3.32. The van der Waals surface area contributed by atoms with Gasteiger partial charge in [-0.3, -0.25) is 14.5 Å². The van der Waals surface area contributed by atoms with E-state index >= 15 is 0 Å². The molecule has 0 saturated carbocycles. The fraction of sp³-hybridized carbons (Fsp3) is 0.318. The molecule has 31 heavy (non-hydrogen) atoms. The molecule has 0 atom stereocenters. The molecule has 1 aliphatic heterocycles. The van der Waals surface area contributed by atoms with Gasteiger partial charge >= 0.3 is 0 Å². The Morgan fingerprint density at radius 2 is 2.03 bits per heavy atom. The van der Waals surface area contributed by atoms with E-state index in [1.165, 1.54) is 23.1 Å². The van der Waals surface area contributed by atoms with Gasteiger partial charge in [0.25, 0.3) is 5.91 Å².